The van der Waals surface area contributed by atoms with Gasteiger partial charge in [0.25, 0.3) is 0 Å². The third kappa shape index (κ3) is 7.81. The van der Waals surface area contributed by atoms with Gasteiger partial charge in [0.15, 0.2) is 11.5 Å². The van der Waals surface area contributed by atoms with Crippen molar-refractivity contribution in [2.75, 3.05) is 33.9 Å². The smallest absolute Gasteiger partial charge is 0.328 e. The first-order valence-corrected chi connectivity index (χ1v) is 17.6. The number of hydrogen-bond donors (Lipinski definition) is 2. The molecule has 13 heteroatoms. The van der Waals surface area contributed by atoms with Crippen molar-refractivity contribution in [3.8, 4) is 11.5 Å². The zero-order valence-corrected chi connectivity index (χ0v) is 29.4. The van der Waals surface area contributed by atoms with Crippen LogP contribution in [0.2, 0.25) is 10.0 Å². The number of aromatic nitrogens is 1. The Kier molecular flexibility index (Phi) is 11.0. The van der Waals surface area contributed by atoms with Gasteiger partial charge >= 0.3 is 5.97 Å². The van der Waals surface area contributed by atoms with Crippen molar-refractivity contribution in [2.24, 2.45) is 5.92 Å². The summed E-state index contributed by atoms with van der Waals surface area (Å²) < 4.78 is 17.9. The highest BCUT2D eigenvalue weighted by atomic mass is 35.5. The predicted molar refractivity (Wildman–Crippen MR) is 183 cm³/mol. The quantitative estimate of drug-likeness (QED) is 0.114. The zero-order valence-electron chi connectivity index (χ0n) is 27.1. The standard InChI is InChI=1S/C36H37Cl2N3O7S/c1-46-30-9-8-23(14-31(30)47-2)25(16-27-28(37)18-41(45)19-29(27)38)26-15-24(49-34(26)35(42)43)17-39-33(22-6-4-3-5-7-22)36(44)48-32-20-40-12-10-21(32)11-13-40/h3-9,14-15,18-19,21,25,32-33,39H,10-13,16-17,20H2,1-2H3,(H-,42,43,45)/t25-,32-,33?/m0/s1. The van der Waals surface area contributed by atoms with Crippen molar-refractivity contribution in [2.45, 2.75) is 43.9 Å². The molecule has 10 nitrogen and oxygen atoms in total. The van der Waals surface area contributed by atoms with E-state index in [1.54, 1.807) is 12.1 Å². The Morgan fingerprint density at radius 1 is 1.02 bits per heavy atom. The molecule has 0 amide bonds. The lowest BCUT2D eigenvalue weighted by molar-refractivity contribution is -0.904. The van der Waals surface area contributed by atoms with Crippen molar-refractivity contribution in [3.05, 3.63) is 109 Å². The molecule has 3 aliphatic heterocycles. The van der Waals surface area contributed by atoms with Gasteiger partial charge in [0.2, 0.25) is 12.4 Å². The molecule has 0 spiro atoms. The molecular formula is C36H37Cl2N3O7S. The lowest BCUT2D eigenvalue weighted by Crippen LogP contribution is -2.52. The Morgan fingerprint density at radius 2 is 1.71 bits per heavy atom. The van der Waals surface area contributed by atoms with E-state index in [2.05, 4.69) is 10.2 Å². The van der Waals surface area contributed by atoms with Crippen molar-refractivity contribution in [1.82, 2.24) is 10.2 Å². The lowest BCUT2D eigenvalue weighted by Gasteiger charge is -2.44. The van der Waals surface area contributed by atoms with Gasteiger partial charge in [-0.3, -0.25) is 15.4 Å². The number of fused-ring (bicyclic) bond motifs is 3. The Bertz CT molecular complexity index is 1790. The largest absolute Gasteiger partial charge is 0.544 e. The molecule has 2 N–H and O–H groups in total. The minimum Gasteiger partial charge on any atom is -0.544 e. The van der Waals surface area contributed by atoms with E-state index in [0.29, 0.717) is 39.0 Å². The summed E-state index contributed by atoms with van der Waals surface area (Å²) in [4.78, 5) is 29.4. The number of pyridine rings is 1. The van der Waals surface area contributed by atoms with Crippen LogP contribution in [0.4, 0.5) is 0 Å². The van der Waals surface area contributed by atoms with E-state index in [1.807, 2.05) is 42.5 Å². The fraction of sp³-hybridized carbons (Fsp3) is 0.361. The number of carboxylic acids is 1. The molecular weight excluding hydrogens is 689 g/mol. The van der Waals surface area contributed by atoms with Gasteiger partial charge in [-0.1, -0.05) is 59.6 Å². The average Bonchev–Trinajstić information content (AvgIpc) is 3.53. The molecule has 0 aliphatic carbocycles. The number of rotatable bonds is 13. The maximum absolute atomic E-state index is 13.7. The van der Waals surface area contributed by atoms with Crippen LogP contribution in [0.25, 0.3) is 0 Å². The minimum atomic E-state index is -1.34. The number of hydrogen-bond acceptors (Lipinski definition) is 10. The Labute approximate surface area is 298 Å². The van der Waals surface area contributed by atoms with Crippen molar-refractivity contribution in [1.29, 1.82) is 0 Å². The molecule has 2 bridgehead atoms. The Hall–Kier alpha value is -3.87. The summed E-state index contributed by atoms with van der Waals surface area (Å²) in [7, 11) is 3.05. The zero-order chi connectivity index (χ0) is 34.7. The van der Waals surface area contributed by atoms with Gasteiger partial charge in [0, 0.05) is 34.2 Å². The molecule has 3 aliphatic rings. The molecule has 1 unspecified atom stereocenters. The van der Waals surface area contributed by atoms with Gasteiger partial charge in [0.05, 0.1) is 25.1 Å². The number of carboxylic acid groups (broad SMARTS) is 1. The van der Waals surface area contributed by atoms with E-state index in [4.69, 9.17) is 37.4 Å². The summed E-state index contributed by atoms with van der Waals surface area (Å²) in [5.74, 6) is -0.944. The molecule has 3 atom stereocenters. The van der Waals surface area contributed by atoms with Gasteiger partial charge in [-0.25, -0.2) is 4.79 Å². The van der Waals surface area contributed by atoms with Crippen LogP contribution in [0.3, 0.4) is 0 Å². The number of nitrogens with one attached hydrogen (secondary N) is 1. The van der Waals surface area contributed by atoms with E-state index in [9.17, 15) is 19.9 Å². The second-order valence-corrected chi connectivity index (χ2v) is 14.3. The normalized spacial score (nSPS) is 19.6. The van der Waals surface area contributed by atoms with Crippen molar-refractivity contribution in [3.63, 3.8) is 0 Å². The van der Waals surface area contributed by atoms with Gasteiger partial charge in [0.1, 0.15) is 22.2 Å². The molecule has 3 fully saturated rings. The van der Waals surface area contributed by atoms with Crippen LogP contribution in [0, 0.1) is 5.92 Å². The average molecular weight is 727 g/mol. The van der Waals surface area contributed by atoms with E-state index in [-0.39, 0.29) is 40.0 Å². The molecule has 4 aromatic rings. The number of ether oxygens (including phenoxy) is 3. The van der Waals surface area contributed by atoms with Crippen molar-refractivity contribution >= 4 is 46.5 Å². The van der Waals surface area contributed by atoms with E-state index < -0.39 is 17.9 Å². The summed E-state index contributed by atoms with van der Waals surface area (Å²) in [6, 6.07) is 15.8. The van der Waals surface area contributed by atoms with E-state index in [0.717, 1.165) is 54.1 Å². The second kappa shape index (κ2) is 15.3. The number of halogens is 2. The first-order valence-electron chi connectivity index (χ1n) is 16.0. The third-order valence-electron chi connectivity index (χ3n) is 9.37. The second-order valence-electron chi connectivity index (χ2n) is 12.3. The molecule has 0 radical (unpaired) electrons. The SMILES string of the molecule is COc1ccc([C@H](Cc2c(Cl)c[n+](O)cc2Cl)c2cc(CNC(C(=O)O[C@H]3CN4CCC3CC4)c3ccccc3)sc2C(=O)[O-])cc1OC. The van der Waals surface area contributed by atoms with Crippen LogP contribution in [-0.4, -0.2) is 62.0 Å². The number of piperidine rings is 3. The number of benzene rings is 2. The molecule has 258 valence electrons. The maximum atomic E-state index is 13.7. The molecule has 5 heterocycles. The molecule has 3 saturated heterocycles. The fourth-order valence-corrected chi connectivity index (χ4v) is 8.44. The Morgan fingerprint density at radius 3 is 2.33 bits per heavy atom. The maximum Gasteiger partial charge on any atom is 0.328 e. The molecule has 2 aromatic carbocycles. The first kappa shape index (κ1) is 35.0. The van der Waals surface area contributed by atoms with Gasteiger partial charge < -0.3 is 24.1 Å². The van der Waals surface area contributed by atoms with Crippen LogP contribution < -0.4 is 24.6 Å². The topological polar surface area (TPSA) is 124 Å². The van der Waals surface area contributed by atoms with E-state index >= 15 is 0 Å². The van der Waals surface area contributed by atoms with Gasteiger partial charge in [-0.2, -0.15) is 0 Å². The molecule has 0 saturated carbocycles. The Balaban J connectivity index is 1.33. The lowest BCUT2D eigenvalue weighted by atomic mass is 9.85. The van der Waals surface area contributed by atoms with Crippen LogP contribution in [0.5, 0.6) is 11.5 Å². The highest BCUT2D eigenvalue weighted by Gasteiger charge is 2.38. The van der Waals surface area contributed by atoms with Gasteiger partial charge in [-0.05, 0) is 73.2 Å². The summed E-state index contributed by atoms with van der Waals surface area (Å²) in [6.45, 7) is 3.01. The van der Waals surface area contributed by atoms with Crippen LogP contribution >= 0.6 is 34.5 Å². The number of nitrogens with zero attached hydrogens (tertiary/aromatic N) is 2. The number of esters is 1. The third-order valence-corrected chi connectivity index (χ3v) is 11.2. The highest BCUT2D eigenvalue weighted by molar-refractivity contribution is 7.14. The number of carbonyl (C=O) groups is 2. The highest BCUT2D eigenvalue weighted by Crippen LogP contribution is 2.41. The fourth-order valence-electron chi connectivity index (χ4n) is 6.83. The number of carbonyl (C=O) groups excluding carboxylic acids is 2. The number of thiophene rings is 1. The van der Waals surface area contributed by atoms with Crippen LogP contribution in [-0.2, 0) is 22.5 Å². The summed E-state index contributed by atoms with van der Waals surface area (Å²) in [5.41, 5.74) is 2.47. The predicted octanol–water partition coefficient (Wildman–Crippen LogP) is 4.80. The monoisotopic (exact) mass is 725 g/mol. The molecule has 2 aromatic heterocycles. The van der Waals surface area contributed by atoms with E-state index in [1.165, 1.54) is 26.6 Å². The summed E-state index contributed by atoms with van der Waals surface area (Å²) >= 11 is 14.2. The summed E-state index contributed by atoms with van der Waals surface area (Å²) in [5, 5.41) is 26.4. The van der Waals surface area contributed by atoms with Crippen LogP contribution in [0.1, 0.15) is 61.6 Å². The van der Waals surface area contributed by atoms with Crippen molar-refractivity contribution < 1.29 is 38.8 Å². The first-order chi connectivity index (χ1) is 23.6. The number of methoxy groups -OCH3 is 2. The summed E-state index contributed by atoms with van der Waals surface area (Å²) in [6.07, 6.45) is 4.71. The molecule has 7 rings (SSSR count). The van der Waals surface area contributed by atoms with Crippen LogP contribution in [0.15, 0.2) is 67.0 Å². The minimum absolute atomic E-state index is 0.0306. The number of aromatic carboxylic acids is 1. The van der Waals surface area contributed by atoms with Gasteiger partial charge in [-0.15, -0.1) is 11.3 Å². The molecule has 49 heavy (non-hydrogen) atoms.